The van der Waals surface area contributed by atoms with E-state index < -0.39 is 42.0 Å². The second-order valence-corrected chi connectivity index (χ2v) is 8.54. The lowest BCUT2D eigenvalue weighted by Gasteiger charge is -2.28. The van der Waals surface area contributed by atoms with Gasteiger partial charge in [0.25, 0.3) is 0 Å². The Kier molecular flexibility index (Phi) is 7.98. The van der Waals surface area contributed by atoms with Gasteiger partial charge >= 0.3 is 5.97 Å². The molecule has 1 aromatic heterocycles. The van der Waals surface area contributed by atoms with Crippen molar-refractivity contribution in [1.29, 1.82) is 0 Å². The average molecular weight is 476 g/mol. The van der Waals surface area contributed by atoms with Crippen molar-refractivity contribution in [3.05, 3.63) is 36.0 Å². The molecule has 1 fully saturated rings. The highest BCUT2D eigenvalue weighted by molar-refractivity contribution is 7.80. The van der Waals surface area contributed by atoms with Crippen LogP contribution < -0.4 is 16.4 Å². The van der Waals surface area contributed by atoms with Crippen LogP contribution >= 0.6 is 12.6 Å². The Morgan fingerprint density at radius 3 is 2.70 bits per heavy atom. The zero-order valence-electron chi connectivity index (χ0n) is 18.3. The number of aliphatic carboxylic acids is 1. The van der Waals surface area contributed by atoms with E-state index in [0.717, 1.165) is 16.5 Å². The van der Waals surface area contributed by atoms with Crippen molar-refractivity contribution >= 4 is 47.2 Å². The molecule has 11 heteroatoms. The van der Waals surface area contributed by atoms with E-state index in [-0.39, 0.29) is 18.1 Å². The summed E-state index contributed by atoms with van der Waals surface area (Å²) in [6, 6.07) is 3.81. The Bertz CT molecular complexity index is 1040. The van der Waals surface area contributed by atoms with E-state index in [1.54, 1.807) is 6.20 Å². The molecule has 2 heterocycles. The fraction of sp³-hybridized carbons (Fsp3) is 0.455. The number of carbonyl (C=O) groups excluding carboxylic acids is 3. The van der Waals surface area contributed by atoms with Gasteiger partial charge < -0.3 is 31.4 Å². The largest absolute Gasteiger partial charge is 0.480 e. The summed E-state index contributed by atoms with van der Waals surface area (Å²) < 4.78 is 0. The maximum absolute atomic E-state index is 13.1. The minimum atomic E-state index is -1.19. The minimum Gasteiger partial charge on any atom is -0.480 e. The van der Waals surface area contributed by atoms with Gasteiger partial charge in [-0.05, 0) is 31.4 Å². The number of H-pyrrole nitrogens is 1. The molecule has 178 valence electrons. The molecule has 0 radical (unpaired) electrons. The molecule has 33 heavy (non-hydrogen) atoms. The van der Waals surface area contributed by atoms with Gasteiger partial charge in [-0.2, -0.15) is 12.6 Å². The van der Waals surface area contributed by atoms with E-state index in [0.29, 0.717) is 19.4 Å². The maximum Gasteiger partial charge on any atom is 0.325 e. The number of hydrogen-bond donors (Lipinski definition) is 6. The number of aromatic amines is 1. The third-order valence-corrected chi connectivity index (χ3v) is 6.21. The summed E-state index contributed by atoms with van der Waals surface area (Å²) >= 11 is 4.06. The molecule has 4 unspecified atom stereocenters. The molecule has 6 N–H and O–H groups in total. The summed E-state index contributed by atoms with van der Waals surface area (Å²) in [6.07, 6.45) is 2.99. The summed E-state index contributed by atoms with van der Waals surface area (Å²) in [5.41, 5.74) is 7.49. The first-order chi connectivity index (χ1) is 15.7. The molecule has 3 amide bonds. The maximum atomic E-state index is 13.1. The van der Waals surface area contributed by atoms with Gasteiger partial charge in [0, 0.05) is 35.8 Å². The van der Waals surface area contributed by atoms with Crippen molar-refractivity contribution in [2.24, 2.45) is 5.73 Å². The van der Waals surface area contributed by atoms with E-state index in [4.69, 9.17) is 10.8 Å². The summed E-state index contributed by atoms with van der Waals surface area (Å²) in [7, 11) is 0. The van der Waals surface area contributed by atoms with Crippen molar-refractivity contribution in [3.8, 4) is 0 Å². The van der Waals surface area contributed by atoms with Gasteiger partial charge in [0.1, 0.15) is 18.1 Å². The highest BCUT2D eigenvalue weighted by Crippen LogP contribution is 2.21. The molecule has 0 spiro atoms. The number of thiol groups is 1. The smallest absolute Gasteiger partial charge is 0.325 e. The molecule has 4 atom stereocenters. The summed E-state index contributed by atoms with van der Waals surface area (Å²) in [5.74, 6) is -2.49. The topological polar surface area (TPSA) is 158 Å². The summed E-state index contributed by atoms with van der Waals surface area (Å²) in [4.78, 5) is 54.4. The average Bonchev–Trinajstić information content (AvgIpc) is 3.45. The Balaban J connectivity index is 1.81. The number of nitrogens with two attached hydrogens (primary N) is 1. The fourth-order valence-corrected chi connectivity index (χ4v) is 4.12. The molecule has 0 aliphatic carbocycles. The van der Waals surface area contributed by atoms with Gasteiger partial charge in [0.2, 0.25) is 17.7 Å². The molecule has 1 aromatic carbocycles. The van der Waals surface area contributed by atoms with Crippen LogP contribution in [-0.4, -0.2) is 75.1 Å². The number of carboxylic acids is 1. The number of likely N-dealkylation sites (tertiary alicyclic amines) is 1. The first-order valence-corrected chi connectivity index (χ1v) is 11.4. The lowest BCUT2D eigenvalue weighted by Crippen LogP contribution is -2.57. The van der Waals surface area contributed by atoms with E-state index in [9.17, 15) is 19.2 Å². The predicted molar refractivity (Wildman–Crippen MR) is 126 cm³/mol. The third-order valence-electron chi connectivity index (χ3n) is 5.81. The van der Waals surface area contributed by atoms with Crippen LogP contribution in [-0.2, 0) is 25.6 Å². The highest BCUT2D eigenvalue weighted by Gasteiger charge is 2.37. The van der Waals surface area contributed by atoms with Crippen molar-refractivity contribution in [2.45, 2.75) is 50.4 Å². The van der Waals surface area contributed by atoms with Crippen LogP contribution in [0.25, 0.3) is 10.9 Å². The van der Waals surface area contributed by atoms with E-state index in [1.807, 2.05) is 24.3 Å². The van der Waals surface area contributed by atoms with E-state index in [1.165, 1.54) is 11.8 Å². The van der Waals surface area contributed by atoms with E-state index >= 15 is 0 Å². The number of carbonyl (C=O) groups is 4. The molecule has 2 aromatic rings. The number of rotatable bonds is 9. The Hall–Kier alpha value is -3.05. The van der Waals surface area contributed by atoms with Gasteiger partial charge in [-0.25, -0.2) is 0 Å². The monoisotopic (exact) mass is 475 g/mol. The number of fused-ring (bicyclic) bond motifs is 1. The van der Waals surface area contributed by atoms with Crippen molar-refractivity contribution in [1.82, 2.24) is 20.5 Å². The minimum absolute atomic E-state index is 0.144. The molecule has 1 aliphatic heterocycles. The number of hydrogen-bond acceptors (Lipinski definition) is 6. The molecule has 3 rings (SSSR count). The van der Waals surface area contributed by atoms with Gasteiger partial charge in [-0.3, -0.25) is 19.2 Å². The lowest BCUT2D eigenvalue weighted by atomic mass is 10.0. The number of carboxylic acid groups (broad SMARTS) is 1. The van der Waals surface area contributed by atoms with Crippen molar-refractivity contribution in [3.63, 3.8) is 0 Å². The number of para-hydroxylation sites is 1. The number of aromatic nitrogens is 1. The van der Waals surface area contributed by atoms with E-state index in [2.05, 4.69) is 28.2 Å². The Morgan fingerprint density at radius 2 is 2.00 bits per heavy atom. The van der Waals surface area contributed by atoms with Gasteiger partial charge in [0.15, 0.2) is 0 Å². The molecule has 0 saturated carbocycles. The van der Waals surface area contributed by atoms with Crippen LogP contribution in [0.3, 0.4) is 0 Å². The van der Waals surface area contributed by atoms with Crippen LogP contribution in [0, 0.1) is 0 Å². The molecule has 0 bridgehead atoms. The zero-order chi connectivity index (χ0) is 24.1. The Morgan fingerprint density at radius 1 is 1.27 bits per heavy atom. The second kappa shape index (κ2) is 10.7. The lowest BCUT2D eigenvalue weighted by molar-refractivity contribution is -0.142. The molecular formula is C22H29N5O5S. The first kappa shape index (κ1) is 24.6. The molecular weight excluding hydrogens is 446 g/mol. The second-order valence-electron chi connectivity index (χ2n) is 8.17. The quantitative estimate of drug-likeness (QED) is 0.281. The van der Waals surface area contributed by atoms with Gasteiger partial charge in [0.05, 0.1) is 6.04 Å². The van der Waals surface area contributed by atoms with Gasteiger partial charge in [-0.15, -0.1) is 0 Å². The SMILES string of the molecule is CC(NC(=O)C(Cc1c[nH]c2ccccc12)NC(=O)C1CCCN1C(=O)C(N)CS)C(=O)O. The molecule has 1 saturated heterocycles. The van der Waals surface area contributed by atoms with Crippen LogP contribution in [0.2, 0.25) is 0 Å². The normalized spacial score (nSPS) is 18.5. The van der Waals surface area contributed by atoms with Crippen LogP contribution in [0.4, 0.5) is 0 Å². The van der Waals surface area contributed by atoms with Crippen LogP contribution in [0.1, 0.15) is 25.3 Å². The third kappa shape index (κ3) is 5.66. The molecule has 1 aliphatic rings. The van der Waals surface area contributed by atoms with Crippen molar-refractivity contribution < 1.29 is 24.3 Å². The summed E-state index contributed by atoms with van der Waals surface area (Å²) in [6.45, 7) is 1.74. The molecule has 10 nitrogen and oxygen atoms in total. The van der Waals surface area contributed by atoms with Gasteiger partial charge in [-0.1, -0.05) is 18.2 Å². The highest BCUT2D eigenvalue weighted by atomic mass is 32.1. The van der Waals surface area contributed by atoms with Crippen LogP contribution in [0.15, 0.2) is 30.5 Å². The summed E-state index contributed by atoms with van der Waals surface area (Å²) in [5, 5.41) is 15.2. The number of nitrogens with one attached hydrogen (secondary N) is 3. The van der Waals surface area contributed by atoms with Crippen LogP contribution in [0.5, 0.6) is 0 Å². The van der Waals surface area contributed by atoms with Crippen molar-refractivity contribution in [2.75, 3.05) is 12.3 Å². The first-order valence-electron chi connectivity index (χ1n) is 10.8. The standard InChI is InChI=1S/C22H29N5O5S/c1-12(22(31)32)25-19(28)17(9-13-10-24-16-6-3-2-5-14(13)16)26-20(29)18-7-4-8-27(18)21(30)15(23)11-33/h2-3,5-6,10,12,15,17-18,24,33H,4,7-9,11,23H2,1H3,(H,25,28)(H,26,29)(H,31,32). The Labute approximate surface area is 196 Å². The number of amides is 3. The predicted octanol–water partition coefficient (Wildman–Crippen LogP) is 0.0326. The number of nitrogens with zero attached hydrogens (tertiary/aromatic N) is 1. The zero-order valence-corrected chi connectivity index (χ0v) is 19.2. The fourth-order valence-electron chi connectivity index (χ4n) is 3.97. The number of benzene rings is 1.